The monoisotopic (exact) mass is 296 g/mol. The van der Waals surface area contributed by atoms with Gasteiger partial charge in [0.25, 0.3) is 0 Å². The maximum Gasteiger partial charge on any atom is 0.161 e. The second-order valence-corrected chi connectivity index (χ2v) is 4.79. The standard InChI is InChI=1S/C15H15F3N2O/c1-8(2)21-15-5-9(3-4-13(15)19)20-14-7-11(17)10(16)6-12(14)18/h3-8,20H,19H2,1-2H3. The van der Waals surface area contributed by atoms with Crippen LogP contribution in [0.15, 0.2) is 30.3 Å². The van der Waals surface area contributed by atoms with E-state index in [4.69, 9.17) is 10.5 Å². The molecule has 0 aromatic heterocycles. The summed E-state index contributed by atoms with van der Waals surface area (Å²) in [7, 11) is 0. The molecule has 2 aromatic carbocycles. The summed E-state index contributed by atoms with van der Waals surface area (Å²) in [4.78, 5) is 0. The van der Waals surface area contributed by atoms with Gasteiger partial charge in [-0.15, -0.1) is 0 Å². The van der Waals surface area contributed by atoms with E-state index < -0.39 is 17.5 Å². The van der Waals surface area contributed by atoms with Crippen molar-refractivity contribution in [2.45, 2.75) is 20.0 Å². The molecule has 0 atom stereocenters. The van der Waals surface area contributed by atoms with Crippen LogP contribution in [-0.2, 0) is 0 Å². The fraction of sp³-hybridized carbons (Fsp3) is 0.200. The molecule has 0 amide bonds. The van der Waals surface area contributed by atoms with E-state index in [1.165, 1.54) is 0 Å². The van der Waals surface area contributed by atoms with Crippen molar-refractivity contribution in [2.24, 2.45) is 0 Å². The maximum absolute atomic E-state index is 13.6. The molecule has 2 rings (SSSR count). The van der Waals surface area contributed by atoms with E-state index in [1.807, 2.05) is 13.8 Å². The average Bonchev–Trinajstić information content (AvgIpc) is 2.39. The second kappa shape index (κ2) is 5.95. The van der Waals surface area contributed by atoms with Crippen LogP contribution in [0.1, 0.15) is 13.8 Å². The Kier molecular flexibility index (Phi) is 4.26. The largest absolute Gasteiger partial charge is 0.489 e. The van der Waals surface area contributed by atoms with Crippen LogP contribution in [-0.4, -0.2) is 6.10 Å². The molecule has 112 valence electrons. The first-order chi connectivity index (χ1) is 9.86. The first-order valence-corrected chi connectivity index (χ1v) is 6.34. The number of nitrogens with one attached hydrogen (secondary N) is 1. The first-order valence-electron chi connectivity index (χ1n) is 6.34. The Bertz CT molecular complexity index is 660. The van der Waals surface area contributed by atoms with Gasteiger partial charge in [0.1, 0.15) is 11.6 Å². The van der Waals surface area contributed by atoms with Crippen LogP contribution in [0.25, 0.3) is 0 Å². The van der Waals surface area contributed by atoms with Crippen LogP contribution in [0.4, 0.5) is 30.2 Å². The van der Waals surface area contributed by atoms with E-state index in [2.05, 4.69) is 5.32 Å². The molecule has 0 saturated heterocycles. The van der Waals surface area contributed by atoms with Gasteiger partial charge in [-0.2, -0.15) is 0 Å². The number of nitrogens with two attached hydrogens (primary N) is 1. The molecule has 0 spiro atoms. The number of rotatable bonds is 4. The summed E-state index contributed by atoms with van der Waals surface area (Å²) in [6, 6.07) is 5.97. The zero-order chi connectivity index (χ0) is 15.6. The van der Waals surface area contributed by atoms with Crippen LogP contribution in [0.5, 0.6) is 5.75 Å². The van der Waals surface area contributed by atoms with Gasteiger partial charge in [0.05, 0.1) is 17.5 Å². The van der Waals surface area contributed by atoms with Gasteiger partial charge >= 0.3 is 0 Å². The average molecular weight is 296 g/mol. The van der Waals surface area contributed by atoms with Crippen LogP contribution >= 0.6 is 0 Å². The van der Waals surface area contributed by atoms with Crippen molar-refractivity contribution in [3.05, 3.63) is 47.8 Å². The lowest BCUT2D eigenvalue weighted by Gasteiger charge is -2.14. The number of anilines is 3. The third-order valence-corrected chi connectivity index (χ3v) is 2.67. The predicted octanol–water partition coefficient (Wildman–Crippen LogP) is 4.22. The Morgan fingerprint density at radius 2 is 1.67 bits per heavy atom. The first kappa shape index (κ1) is 15.0. The van der Waals surface area contributed by atoms with E-state index in [9.17, 15) is 13.2 Å². The minimum Gasteiger partial charge on any atom is -0.489 e. The van der Waals surface area contributed by atoms with E-state index in [-0.39, 0.29) is 11.8 Å². The molecule has 0 saturated carbocycles. The van der Waals surface area contributed by atoms with Crippen LogP contribution < -0.4 is 15.8 Å². The van der Waals surface area contributed by atoms with Gasteiger partial charge in [-0.25, -0.2) is 13.2 Å². The van der Waals surface area contributed by atoms with Crippen LogP contribution in [0.2, 0.25) is 0 Å². The molecule has 6 heteroatoms. The number of ether oxygens (including phenoxy) is 1. The van der Waals surface area contributed by atoms with E-state index in [0.29, 0.717) is 23.2 Å². The minimum absolute atomic E-state index is 0.0810. The fourth-order valence-corrected chi connectivity index (χ4v) is 1.74. The molecule has 3 nitrogen and oxygen atoms in total. The predicted molar refractivity (Wildman–Crippen MR) is 76.2 cm³/mol. The summed E-state index contributed by atoms with van der Waals surface area (Å²) in [6.45, 7) is 3.68. The molecule has 0 aliphatic heterocycles. The molecule has 0 fully saturated rings. The SMILES string of the molecule is CC(C)Oc1cc(Nc2cc(F)c(F)cc2F)ccc1N. The lowest BCUT2D eigenvalue weighted by molar-refractivity contribution is 0.244. The Hall–Kier alpha value is -2.37. The van der Waals surface area contributed by atoms with Gasteiger partial charge in [-0.3, -0.25) is 0 Å². The van der Waals surface area contributed by atoms with Crippen molar-refractivity contribution in [2.75, 3.05) is 11.1 Å². The Balaban J connectivity index is 2.30. The van der Waals surface area contributed by atoms with Gasteiger partial charge < -0.3 is 15.8 Å². The zero-order valence-electron chi connectivity index (χ0n) is 11.6. The summed E-state index contributed by atoms with van der Waals surface area (Å²) in [6.07, 6.45) is -0.0810. The highest BCUT2D eigenvalue weighted by molar-refractivity contribution is 5.67. The molecule has 0 unspecified atom stereocenters. The number of hydrogen-bond donors (Lipinski definition) is 2. The lowest BCUT2D eigenvalue weighted by atomic mass is 10.2. The molecule has 0 radical (unpaired) electrons. The highest BCUT2D eigenvalue weighted by atomic mass is 19.2. The van der Waals surface area contributed by atoms with E-state index >= 15 is 0 Å². The second-order valence-electron chi connectivity index (χ2n) is 4.79. The van der Waals surface area contributed by atoms with Gasteiger partial charge in [0.2, 0.25) is 0 Å². The normalized spacial score (nSPS) is 10.8. The molecule has 0 heterocycles. The molecule has 0 bridgehead atoms. The molecular formula is C15H15F3N2O. The van der Waals surface area contributed by atoms with Gasteiger partial charge in [-0.05, 0) is 26.0 Å². The van der Waals surface area contributed by atoms with Crippen molar-refractivity contribution < 1.29 is 17.9 Å². The molecule has 3 N–H and O–H groups in total. The smallest absolute Gasteiger partial charge is 0.161 e. The number of hydrogen-bond acceptors (Lipinski definition) is 3. The van der Waals surface area contributed by atoms with Crippen molar-refractivity contribution in [1.82, 2.24) is 0 Å². The minimum atomic E-state index is -1.24. The van der Waals surface area contributed by atoms with Gasteiger partial charge in [-0.1, -0.05) is 0 Å². The molecule has 21 heavy (non-hydrogen) atoms. The molecular weight excluding hydrogens is 281 g/mol. The summed E-state index contributed by atoms with van der Waals surface area (Å²) in [5.41, 5.74) is 6.48. The van der Waals surface area contributed by atoms with Gasteiger partial charge in [0.15, 0.2) is 11.6 Å². The highest BCUT2D eigenvalue weighted by Crippen LogP contribution is 2.29. The van der Waals surface area contributed by atoms with Crippen molar-refractivity contribution in [3.8, 4) is 5.75 Å². The number of nitrogen functional groups attached to an aromatic ring is 1. The third kappa shape index (κ3) is 3.59. The number of halogens is 3. The third-order valence-electron chi connectivity index (χ3n) is 2.67. The summed E-state index contributed by atoms with van der Waals surface area (Å²) < 4.78 is 45.1. The van der Waals surface area contributed by atoms with E-state index in [1.54, 1.807) is 18.2 Å². The zero-order valence-corrected chi connectivity index (χ0v) is 11.6. The lowest BCUT2D eigenvalue weighted by Crippen LogP contribution is -2.07. The quantitative estimate of drug-likeness (QED) is 0.656. The highest BCUT2D eigenvalue weighted by Gasteiger charge is 2.11. The summed E-state index contributed by atoms with van der Waals surface area (Å²) >= 11 is 0. The van der Waals surface area contributed by atoms with Crippen LogP contribution in [0.3, 0.4) is 0 Å². The maximum atomic E-state index is 13.6. The summed E-state index contributed by atoms with van der Waals surface area (Å²) in [5, 5.41) is 2.66. The van der Waals surface area contributed by atoms with Crippen LogP contribution in [0, 0.1) is 17.5 Å². The molecule has 2 aromatic rings. The molecule has 0 aliphatic carbocycles. The number of benzene rings is 2. The van der Waals surface area contributed by atoms with Crippen molar-refractivity contribution in [1.29, 1.82) is 0 Å². The Morgan fingerprint density at radius 3 is 2.33 bits per heavy atom. The molecule has 0 aliphatic rings. The fourth-order valence-electron chi connectivity index (χ4n) is 1.74. The van der Waals surface area contributed by atoms with Gasteiger partial charge in [0, 0.05) is 23.9 Å². The summed E-state index contributed by atoms with van der Waals surface area (Å²) in [5.74, 6) is -2.83. The van der Waals surface area contributed by atoms with E-state index in [0.717, 1.165) is 6.07 Å². The Morgan fingerprint density at radius 1 is 1.00 bits per heavy atom. The Labute approximate surface area is 120 Å². The van der Waals surface area contributed by atoms with Crippen molar-refractivity contribution in [3.63, 3.8) is 0 Å². The topological polar surface area (TPSA) is 47.3 Å². The van der Waals surface area contributed by atoms with Crippen molar-refractivity contribution >= 4 is 17.1 Å².